The zero-order valence-corrected chi connectivity index (χ0v) is 16.6. The Bertz CT molecular complexity index is 896. The average Bonchev–Trinajstić information content (AvgIpc) is 3.14. The molecule has 0 aromatic heterocycles. The molecule has 3 amide bonds. The van der Waals surface area contributed by atoms with E-state index in [1.807, 2.05) is 55.0 Å². The zero-order chi connectivity index (χ0) is 19.5. The summed E-state index contributed by atoms with van der Waals surface area (Å²) in [6.45, 7) is 6.29. The number of carbonyl (C=O) groups is 2. The smallest absolute Gasteiger partial charge is 0.302 e. The van der Waals surface area contributed by atoms with Crippen LogP contribution in [0.15, 0.2) is 35.1 Å². The molecule has 2 unspecified atom stereocenters. The fourth-order valence-corrected chi connectivity index (χ4v) is 4.09. The largest absolute Gasteiger partial charge is 0.328 e. The lowest BCUT2D eigenvalue weighted by molar-refractivity contribution is -0.136. The Labute approximate surface area is 163 Å². The van der Waals surface area contributed by atoms with Crippen LogP contribution in [-0.4, -0.2) is 58.4 Å². The Balaban J connectivity index is 1.76. The molecule has 2 atom stereocenters. The predicted molar refractivity (Wildman–Crippen MR) is 104 cm³/mol. The van der Waals surface area contributed by atoms with Crippen LogP contribution in [0.2, 0.25) is 5.02 Å². The fraction of sp³-hybridized carbons (Fsp3) is 0.421. The van der Waals surface area contributed by atoms with Gasteiger partial charge in [-0.15, -0.1) is 0 Å². The zero-order valence-electron chi connectivity index (χ0n) is 15.8. The molecule has 0 saturated carbocycles. The quantitative estimate of drug-likeness (QED) is 0.800. The highest BCUT2D eigenvalue weighted by Crippen LogP contribution is 2.38. The van der Waals surface area contributed by atoms with E-state index in [-0.39, 0.29) is 11.9 Å². The van der Waals surface area contributed by atoms with Gasteiger partial charge in [-0.1, -0.05) is 24.6 Å². The number of amides is 3. The van der Waals surface area contributed by atoms with E-state index in [1.165, 1.54) is 4.90 Å². The highest BCUT2D eigenvalue weighted by molar-refractivity contribution is 6.32. The van der Waals surface area contributed by atoms with Crippen molar-refractivity contribution in [1.29, 1.82) is 0 Å². The molecule has 8 heteroatoms. The van der Waals surface area contributed by atoms with Crippen LogP contribution in [0, 0.1) is 6.92 Å². The predicted octanol–water partition coefficient (Wildman–Crippen LogP) is 3.00. The van der Waals surface area contributed by atoms with Crippen LogP contribution in [0.5, 0.6) is 0 Å². The normalized spacial score (nSPS) is 24.3. The molecule has 1 aromatic rings. The van der Waals surface area contributed by atoms with Crippen molar-refractivity contribution < 1.29 is 9.59 Å². The molecule has 4 rings (SSSR count). The van der Waals surface area contributed by atoms with Crippen molar-refractivity contribution in [3.8, 4) is 0 Å². The number of rotatable bonds is 3. The summed E-state index contributed by atoms with van der Waals surface area (Å²) in [4.78, 5) is 37.2. The van der Waals surface area contributed by atoms with Crippen LogP contribution < -0.4 is 4.90 Å². The minimum absolute atomic E-state index is 0.197. The van der Waals surface area contributed by atoms with Gasteiger partial charge >= 0.3 is 6.03 Å². The van der Waals surface area contributed by atoms with Crippen molar-refractivity contribution in [1.82, 2.24) is 14.7 Å². The maximum atomic E-state index is 13.1. The first-order valence-corrected chi connectivity index (χ1v) is 9.42. The summed E-state index contributed by atoms with van der Waals surface area (Å²) in [5.41, 5.74) is 2.81. The number of guanidine groups is 1. The van der Waals surface area contributed by atoms with E-state index < -0.39 is 12.2 Å². The standard InChI is InChI=1S/C19H22ClN5O2/c1-5-9-23-17(26)15-16(22(4)19(23)27)21-18-24(15)10-11(2)25(18)14-8-6-7-13(20)12(14)3/h6-8,10,15-16H,5,9H2,1-4H3. The molecule has 1 fully saturated rings. The number of halogens is 1. The van der Waals surface area contributed by atoms with Crippen molar-refractivity contribution in [2.45, 2.75) is 39.4 Å². The minimum Gasteiger partial charge on any atom is -0.302 e. The first kappa shape index (κ1) is 17.9. The molecular formula is C19H22ClN5O2. The highest BCUT2D eigenvalue weighted by Gasteiger charge is 2.54. The molecule has 3 heterocycles. The Hall–Kier alpha value is -2.54. The summed E-state index contributed by atoms with van der Waals surface area (Å²) < 4.78 is 0. The molecule has 0 bridgehead atoms. The summed E-state index contributed by atoms with van der Waals surface area (Å²) in [5, 5.41) is 0.673. The lowest BCUT2D eigenvalue weighted by atomic mass is 10.1. The topological polar surface area (TPSA) is 59.5 Å². The minimum atomic E-state index is -0.534. The Morgan fingerprint density at radius 2 is 1.96 bits per heavy atom. The van der Waals surface area contributed by atoms with E-state index in [2.05, 4.69) is 0 Å². The van der Waals surface area contributed by atoms with Gasteiger partial charge in [-0.3, -0.25) is 14.6 Å². The Kier molecular flexibility index (Phi) is 4.14. The molecule has 1 aromatic carbocycles. The van der Waals surface area contributed by atoms with Gasteiger partial charge in [-0.25, -0.2) is 9.79 Å². The number of imide groups is 1. The number of fused-ring (bicyclic) bond motifs is 3. The van der Waals surface area contributed by atoms with Crippen molar-refractivity contribution in [3.05, 3.63) is 40.7 Å². The second kappa shape index (κ2) is 6.27. The van der Waals surface area contributed by atoms with Crippen molar-refractivity contribution >= 4 is 35.2 Å². The molecule has 1 saturated heterocycles. The van der Waals surface area contributed by atoms with Gasteiger partial charge in [0.15, 0.2) is 12.2 Å². The number of carbonyl (C=O) groups excluding carboxylic acids is 2. The summed E-state index contributed by atoms with van der Waals surface area (Å²) in [5.74, 6) is 0.455. The summed E-state index contributed by atoms with van der Waals surface area (Å²) in [7, 11) is 1.70. The molecule has 27 heavy (non-hydrogen) atoms. The Morgan fingerprint density at radius 1 is 1.22 bits per heavy atom. The summed E-state index contributed by atoms with van der Waals surface area (Å²) in [6, 6.07) is 4.90. The molecule has 0 spiro atoms. The number of urea groups is 1. The monoisotopic (exact) mass is 387 g/mol. The van der Waals surface area contributed by atoms with Crippen LogP contribution in [0.3, 0.4) is 0 Å². The van der Waals surface area contributed by atoms with E-state index in [1.54, 1.807) is 11.9 Å². The number of hydrogen-bond donors (Lipinski definition) is 0. The first-order valence-electron chi connectivity index (χ1n) is 9.04. The molecule has 0 radical (unpaired) electrons. The highest BCUT2D eigenvalue weighted by atomic mass is 35.5. The number of aliphatic imine (C=N–C) groups is 1. The van der Waals surface area contributed by atoms with E-state index in [4.69, 9.17) is 16.6 Å². The van der Waals surface area contributed by atoms with Gasteiger partial charge < -0.3 is 9.80 Å². The van der Waals surface area contributed by atoms with Crippen molar-refractivity contribution in [3.63, 3.8) is 0 Å². The van der Waals surface area contributed by atoms with Gasteiger partial charge in [0.05, 0.1) is 5.69 Å². The lowest BCUT2D eigenvalue weighted by Crippen LogP contribution is -2.64. The van der Waals surface area contributed by atoms with E-state index >= 15 is 0 Å². The number of anilines is 1. The van der Waals surface area contributed by atoms with Gasteiger partial charge in [-0.05, 0) is 38.0 Å². The van der Waals surface area contributed by atoms with Crippen LogP contribution in [0.4, 0.5) is 10.5 Å². The maximum absolute atomic E-state index is 13.1. The molecule has 0 aliphatic carbocycles. The maximum Gasteiger partial charge on any atom is 0.328 e. The molecule has 3 aliphatic rings. The van der Waals surface area contributed by atoms with E-state index in [9.17, 15) is 9.59 Å². The van der Waals surface area contributed by atoms with Gasteiger partial charge in [0.1, 0.15) is 0 Å². The van der Waals surface area contributed by atoms with Crippen molar-refractivity contribution in [2.75, 3.05) is 18.5 Å². The van der Waals surface area contributed by atoms with Gasteiger partial charge in [0.2, 0.25) is 5.96 Å². The van der Waals surface area contributed by atoms with Crippen molar-refractivity contribution in [2.24, 2.45) is 4.99 Å². The molecule has 0 N–H and O–H groups in total. The van der Waals surface area contributed by atoms with Crippen LogP contribution >= 0.6 is 11.6 Å². The first-order chi connectivity index (χ1) is 12.9. The molecule has 142 valence electrons. The molecular weight excluding hydrogens is 366 g/mol. The third-order valence-corrected chi connectivity index (χ3v) is 5.72. The number of likely N-dealkylation sites (N-methyl/N-ethyl adjacent to an activating group) is 1. The molecule has 7 nitrogen and oxygen atoms in total. The lowest BCUT2D eigenvalue weighted by Gasteiger charge is -2.40. The number of allylic oxidation sites excluding steroid dienone is 1. The SMILES string of the molecule is CCCN1C(=O)C2C(N=C3N(c4cccc(Cl)c4C)C(C)=CN32)N(C)C1=O. The van der Waals surface area contributed by atoms with E-state index in [0.717, 1.165) is 23.4 Å². The number of hydrogen-bond acceptors (Lipinski definition) is 5. The van der Waals surface area contributed by atoms with Gasteiger partial charge in [0.25, 0.3) is 5.91 Å². The number of benzene rings is 1. The van der Waals surface area contributed by atoms with Crippen LogP contribution in [-0.2, 0) is 4.79 Å². The number of nitrogens with zero attached hydrogens (tertiary/aromatic N) is 5. The Morgan fingerprint density at radius 3 is 2.67 bits per heavy atom. The second-order valence-electron chi connectivity index (χ2n) is 7.07. The molecule has 3 aliphatic heterocycles. The third-order valence-electron chi connectivity index (χ3n) is 5.32. The van der Waals surface area contributed by atoms with Gasteiger partial charge in [-0.2, -0.15) is 0 Å². The van der Waals surface area contributed by atoms with Crippen LogP contribution in [0.1, 0.15) is 25.8 Å². The van der Waals surface area contributed by atoms with E-state index in [0.29, 0.717) is 17.5 Å². The summed E-state index contributed by atoms with van der Waals surface area (Å²) in [6.07, 6.45) is 2.12. The second-order valence-corrected chi connectivity index (χ2v) is 7.48. The van der Waals surface area contributed by atoms with Gasteiger partial charge in [0, 0.05) is 30.5 Å². The summed E-state index contributed by atoms with van der Waals surface area (Å²) >= 11 is 6.31. The average molecular weight is 388 g/mol. The third kappa shape index (κ3) is 2.45. The van der Waals surface area contributed by atoms with Crippen LogP contribution in [0.25, 0.3) is 0 Å². The fourth-order valence-electron chi connectivity index (χ4n) is 3.92.